The van der Waals surface area contributed by atoms with E-state index in [1.807, 2.05) is 0 Å². The van der Waals surface area contributed by atoms with Crippen molar-refractivity contribution < 1.29 is 9.59 Å². The molecule has 4 rings (SSSR count). The summed E-state index contributed by atoms with van der Waals surface area (Å²) in [5.74, 6) is 0.751. The highest BCUT2D eigenvalue weighted by atomic mass is 16.2. The van der Waals surface area contributed by atoms with Crippen LogP contribution in [0.5, 0.6) is 0 Å². The van der Waals surface area contributed by atoms with E-state index in [4.69, 9.17) is 0 Å². The largest absolute Gasteiger partial charge is 0.346 e. The Balaban J connectivity index is 0.000000171. The molecule has 30 heavy (non-hydrogen) atoms. The van der Waals surface area contributed by atoms with Crippen LogP contribution in [0, 0.1) is 11.8 Å². The van der Waals surface area contributed by atoms with Crippen molar-refractivity contribution in [1.29, 1.82) is 0 Å². The van der Waals surface area contributed by atoms with Crippen molar-refractivity contribution in [2.24, 2.45) is 21.8 Å². The van der Waals surface area contributed by atoms with Gasteiger partial charge in [0, 0.05) is 11.8 Å². The van der Waals surface area contributed by atoms with Gasteiger partial charge in [0.1, 0.15) is 11.4 Å². The second-order valence-electron chi connectivity index (χ2n) is 9.51. The van der Waals surface area contributed by atoms with Gasteiger partial charge < -0.3 is 10.6 Å². The average molecular weight is 417 g/mol. The number of carbonyl (C=O) groups excluding carboxylic acids is 2. The molecule has 0 saturated heterocycles. The summed E-state index contributed by atoms with van der Waals surface area (Å²) in [4.78, 5) is 32.9. The molecular weight excluding hydrogens is 376 g/mol. The molecule has 0 spiro atoms. The molecule has 0 unspecified atom stereocenters. The maximum Gasteiger partial charge on any atom is 0.265 e. The van der Waals surface area contributed by atoms with Crippen LogP contribution in [0.25, 0.3) is 0 Å². The summed E-state index contributed by atoms with van der Waals surface area (Å²) < 4.78 is 0. The van der Waals surface area contributed by atoms with Gasteiger partial charge in [-0.15, -0.1) is 0 Å². The summed E-state index contributed by atoms with van der Waals surface area (Å²) in [6, 6.07) is 1.36. The van der Waals surface area contributed by atoms with E-state index in [-0.39, 0.29) is 11.8 Å². The van der Waals surface area contributed by atoms with Crippen LogP contribution in [0.15, 0.2) is 9.98 Å². The number of nitrogens with zero attached hydrogens (tertiary/aromatic N) is 2. The quantitative estimate of drug-likeness (QED) is 0.730. The number of carbonyl (C=O) groups is 2. The number of rotatable bonds is 4. The lowest BCUT2D eigenvalue weighted by Crippen LogP contribution is -2.52. The van der Waals surface area contributed by atoms with Crippen molar-refractivity contribution in [3.8, 4) is 0 Å². The van der Waals surface area contributed by atoms with E-state index < -0.39 is 0 Å². The lowest BCUT2D eigenvalue weighted by Gasteiger charge is -2.34. The molecule has 6 nitrogen and oxygen atoms in total. The molecule has 2 aliphatic carbocycles. The minimum atomic E-state index is 0.0764. The molecule has 2 N–H and O–H groups in total. The standard InChI is InChI=1S/2C12H20N2O/c2*1-3-8(2)11-12(15)14-10-7-5-4-6-9(10)13-11/h2*8-10H,3-7H2,1-2H3,(H,14,15)/t8-,9+,10+;8-,9-,10-/m00/s1. The molecule has 6 atom stereocenters. The molecule has 168 valence electrons. The van der Waals surface area contributed by atoms with Crippen molar-refractivity contribution in [3.63, 3.8) is 0 Å². The van der Waals surface area contributed by atoms with Gasteiger partial charge in [-0.3, -0.25) is 19.6 Å². The van der Waals surface area contributed by atoms with Gasteiger partial charge in [0.25, 0.3) is 11.8 Å². The maximum atomic E-state index is 11.8. The normalized spacial score (nSPS) is 32.7. The van der Waals surface area contributed by atoms with Gasteiger partial charge >= 0.3 is 0 Å². The smallest absolute Gasteiger partial charge is 0.265 e. The summed E-state index contributed by atoms with van der Waals surface area (Å²) >= 11 is 0. The van der Waals surface area contributed by atoms with Crippen molar-refractivity contribution in [2.75, 3.05) is 0 Å². The molecular formula is C24H40N4O2. The van der Waals surface area contributed by atoms with E-state index in [1.165, 1.54) is 25.7 Å². The number of amides is 2. The summed E-state index contributed by atoms with van der Waals surface area (Å²) in [5.41, 5.74) is 1.56. The molecule has 2 aliphatic heterocycles. The summed E-state index contributed by atoms with van der Waals surface area (Å²) in [7, 11) is 0. The molecule has 2 heterocycles. The van der Waals surface area contributed by atoms with Crippen molar-refractivity contribution >= 4 is 23.2 Å². The number of hydrogen-bond acceptors (Lipinski definition) is 4. The Morgan fingerprint density at radius 3 is 1.47 bits per heavy atom. The Morgan fingerprint density at radius 2 is 1.10 bits per heavy atom. The molecule has 2 fully saturated rings. The van der Waals surface area contributed by atoms with Gasteiger partial charge in [-0.25, -0.2) is 0 Å². The van der Waals surface area contributed by atoms with Gasteiger partial charge in [-0.1, -0.05) is 53.4 Å². The summed E-state index contributed by atoms with van der Waals surface area (Å²) in [6.45, 7) is 8.38. The monoisotopic (exact) mass is 416 g/mol. The topological polar surface area (TPSA) is 82.9 Å². The van der Waals surface area contributed by atoms with Crippen molar-refractivity contribution in [3.05, 3.63) is 0 Å². The molecule has 2 amide bonds. The molecule has 4 aliphatic rings. The third kappa shape index (κ3) is 5.30. The van der Waals surface area contributed by atoms with E-state index in [9.17, 15) is 9.59 Å². The predicted octanol–water partition coefficient (Wildman–Crippen LogP) is 3.83. The van der Waals surface area contributed by atoms with Gasteiger partial charge in [0.2, 0.25) is 0 Å². The zero-order valence-electron chi connectivity index (χ0n) is 19.2. The number of aliphatic imine (C=N–C) groups is 2. The van der Waals surface area contributed by atoms with Crippen LogP contribution in [0.3, 0.4) is 0 Å². The van der Waals surface area contributed by atoms with E-state index in [1.54, 1.807) is 0 Å². The van der Waals surface area contributed by atoms with Crippen LogP contribution in [-0.2, 0) is 9.59 Å². The zero-order valence-corrected chi connectivity index (χ0v) is 19.2. The maximum absolute atomic E-state index is 11.8. The highest BCUT2D eigenvalue weighted by molar-refractivity contribution is 6.40. The van der Waals surface area contributed by atoms with Crippen LogP contribution in [0.2, 0.25) is 0 Å². The first-order chi connectivity index (χ1) is 14.4. The first kappa shape index (κ1) is 23.0. The van der Waals surface area contributed by atoms with Crippen LogP contribution in [0.1, 0.15) is 91.9 Å². The molecule has 0 aromatic carbocycles. The van der Waals surface area contributed by atoms with E-state index in [2.05, 4.69) is 48.3 Å². The Kier molecular flexibility index (Phi) is 8.06. The van der Waals surface area contributed by atoms with Crippen molar-refractivity contribution in [1.82, 2.24) is 10.6 Å². The fraction of sp³-hybridized carbons (Fsp3) is 0.833. The highest BCUT2D eigenvalue weighted by Crippen LogP contribution is 2.26. The fourth-order valence-corrected chi connectivity index (χ4v) is 4.92. The van der Waals surface area contributed by atoms with Crippen LogP contribution in [-0.4, -0.2) is 47.4 Å². The van der Waals surface area contributed by atoms with E-state index in [0.29, 0.717) is 36.0 Å². The first-order valence-corrected chi connectivity index (χ1v) is 12.2. The fourth-order valence-electron chi connectivity index (χ4n) is 4.92. The average Bonchev–Trinajstić information content (AvgIpc) is 2.77. The minimum absolute atomic E-state index is 0.0764. The van der Waals surface area contributed by atoms with Gasteiger partial charge in [-0.2, -0.15) is 0 Å². The second-order valence-corrected chi connectivity index (χ2v) is 9.51. The summed E-state index contributed by atoms with van der Waals surface area (Å²) in [6.07, 6.45) is 11.5. The SMILES string of the molecule is CC[C@H](C)C1=N[C@@H]2CCCC[C@H]2NC1=O.CC[C@H](C)C1=N[C@H]2CCCC[C@@H]2NC1=O. The lowest BCUT2D eigenvalue weighted by atomic mass is 9.87. The highest BCUT2D eigenvalue weighted by Gasteiger charge is 2.34. The van der Waals surface area contributed by atoms with Gasteiger partial charge in [0.05, 0.1) is 24.2 Å². The summed E-state index contributed by atoms with van der Waals surface area (Å²) in [5, 5.41) is 6.23. The number of hydrogen-bond donors (Lipinski definition) is 2. The minimum Gasteiger partial charge on any atom is -0.346 e. The van der Waals surface area contributed by atoms with Crippen LogP contribution in [0.4, 0.5) is 0 Å². The third-order valence-corrected chi connectivity index (χ3v) is 7.33. The lowest BCUT2D eigenvalue weighted by molar-refractivity contribution is -0.117. The molecule has 0 radical (unpaired) electrons. The molecule has 0 aromatic heterocycles. The molecule has 2 saturated carbocycles. The van der Waals surface area contributed by atoms with E-state index in [0.717, 1.165) is 49.9 Å². The first-order valence-electron chi connectivity index (χ1n) is 12.2. The number of nitrogens with one attached hydrogen (secondary N) is 2. The van der Waals surface area contributed by atoms with Crippen LogP contribution < -0.4 is 10.6 Å². The van der Waals surface area contributed by atoms with Crippen LogP contribution >= 0.6 is 0 Å². The zero-order chi connectivity index (χ0) is 21.7. The molecule has 6 heteroatoms. The van der Waals surface area contributed by atoms with Gasteiger partial charge in [-0.05, 0) is 38.5 Å². The van der Waals surface area contributed by atoms with E-state index >= 15 is 0 Å². The predicted molar refractivity (Wildman–Crippen MR) is 122 cm³/mol. The second kappa shape index (κ2) is 10.5. The Bertz CT molecular complexity index is 629. The Hall–Kier alpha value is -1.72. The number of fused-ring (bicyclic) bond motifs is 2. The Labute approximate surface area is 181 Å². The van der Waals surface area contributed by atoms with Crippen molar-refractivity contribution in [2.45, 2.75) is 116 Å². The van der Waals surface area contributed by atoms with Gasteiger partial charge in [0.15, 0.2) is 0 Å². The molecule has 0 aromatic rings. The molecule has 0 bridgehead atoms. The third-order valence-electron chi connectivity index (χ3n) is 7.33. The Morgan fingerprint density at radius 1 is 0.733 bits per heavy atom.